The van der Waals surface area contributed by atoms with Gasteiger partial charge in [0.2, 0.25) is 0 Å². The number of hydrogen-bond acceptors (Lipinski definition) is 4. The number of allylic oxidation sites excluding steroid dienone is 1. The number of likely N-dealkylation sites (tertiary alicyclic amines) is 1. The number of rotatable bonds is 9. The second kappa shape index (κ2) is 13.5. The van der Waals surface area contributed by atoms with Crippen molar-refractivity contribution in [3.05, 3.63) is 28.7 Å². The fraction of sp³-hybridized carbons (Fsp3) is 0.700. The highest BCUT2D eigenvalue weighted by molar-refractivity contribution is 14.0. The van der Waals surface area contributed by atoms with Crippen LogP contribution in [0.15, 0.2) is 23.0 Å². The molecule has 1 fully saturated rings. The minimum atomic E-state index is 0. The van der Waals surface area contributed by atoms with Crippen molar-refractivity contribution in [2.45, 2.75) is 45.6 Å². The first-order valence-electron chi connectivity index (χ1n) is 9.84. The predicted octanol–water partition coefficient (Wildman–Crippen LogP) is 4.01. The van der Waals surface area contributed by atoms with Crippen LogP contribution in [0.5, 0.6) is 0 Å². The molecule has 0 aliphatic carbocycles. The number of piperidine rings is 1. The van der Waals surface area contributed by atoms with Gasteiger partial charge in [0.1, 0.15) is 0 Å². The largest absolute Gasteiger partial charge is 0.356 e. The van der Waals surface area contributed by atoms with Gasteiger partial charge >= 0.3 is 0 Å². The highest BCUT2D eigenvalue weighted by Gasteiger charge is 2.20. The second-order valence-corrected chi connectivity index (χ2v) is 8.03. The van der Waals surface area contributed by atoms with Gasteiger partial charge < -0.3 is 10.2 Å². The average Bonchev–Trinajstić information content (AvgIpc) is 3.11. The standard InChI is InChI=1S/C20H35N5S.HI/c1-5-7-8-11-24(4)20(21-3)22-14-17-9-12-25(13-10-17)15-18-16-26-19(6-2)23-18;/h5,16-17H,1,6-15H2,2-4H3,(H,21,22);1H. The molecule has 27 heavy (non-hydrogen) atoms. The summed E-state index contributed by atoms with van der Waals surface area (Å²) >= 11 is 1.79. The maximum Gasteiger partial charge on any atom is 0.193 e. The van der Waals surface area contributed by atoms with Crippen LogP contribution in [-0.4, -0.2) is 61.0 Å². The van der Waals surface area contributed by atoms with Crippen LogP contribution in [0.1, 0.15) is 43.3 Å². The average molecular weight is 506 g/mol. The van der Waals surface area contributed by atoms with Crippen LogP contribution in [0.4, 0.5) is 0 Å². The lowest BCUT2D eigenvalue weighted by Gasteiger charge is -2.32. The van der Waals surface area contributed by atoms with Gasteiger partial charge in [-0.05, 0) is 51.1 Å². The molecule has 5 nitrogen and oxygen atoms in total. The molecule has 1 aliphatic heterocycles. The van der Waals surface area contributed by atoms with Crippen molar-refractivity contribution >= 4 is 41.3 Å². The van der Waals surface area contributed by atoms with Gasteiger partial charge in [0.05, 0.1) is 10.7 Å². The van der Waals surface area contributed by atoms with Gasteiger partial charge in [-0.1, -0.05) is 13.0 Å². The van der Waals surface area contributed by atoms with E-state index >= 15 is 0 Å². The van der Waals surface area contributed by atoms with Gasteiger partial charge in [-0.25, -0.2) is 4.98 Å². The van der Waals surface area contributed by atoms with E-state index in [4.69, 9.17) is 4.98 Å². The predicted molar refractivity (Wildman–Crippen MR) is 128 cm³/mol. The Labute approximate surface area is 186 Å². The molecule has 2 rings (SSSR count). The van der Waals surface area contributed by atoms with Crippen LogP contribution in [-0.2, 0) is 13.0 Å². The van der Waals surface area contributed by atoms with Crippen molar-refractivity contribution in [1.82, 2.24) is 20.1 Å². The zero-order chi connectivity index (χ0) is 18.8. The first-order valence-corrected chi connectivity index (χ1v) is 10.7. The summed E-state index contributed by atoms with van der Waals surface area (Å²) in [7, 11) is 3.98. The van der Waals surface area contributed by atoms with Gasteiger partial charge in [0, 0.05) is 39.1 Å². The van der Waals surface area contributed by atoms with Crippen LogP contribution >= 0.6 is 35.3 Å². The fourth-order valence-electron chi connectivity index (χ4n) is 3.36. The Morgan fingerprint density at radius 2 is 2.22 bits per heavy atom. The number of halogens is 1. The summed E-state index contributed by atoms with van der Waals surface area (Å²) in [5.41, 5.74) is 1.24. The molecular weight excluding hydrogens is 469 g/mol. The van der Waals surface area contributed by atoms with E-state index in [1.807, 2.05) is 13.1 Å². The maximum absolute atomic E-state index is 4.70. The molecule has 154 valence electrons. The molecule has 1 aromatic heterocycles. The molecule has 7 heteroatoms. The summed E-state index contributed by atoms with van der Waals surface area (Å²) in [6.07, 6.45) is 7.69. The molecule has 0 saturated carbocycles. The van der Waals surface area contributed by atoms with Gasteiger partial charge in [0.25, 0.3) is 0 Å². The van der Waals surface area contributed by atoms with E-state index in [0.717, 1.165) is 50.8 Å². The van der Waals surface area contributed by atoms with E-state index in [9.17, 15) is 0 Å². The first kappa shape index (κ1) is 24.4. The monoisotopic (exact) mass is 505 g/mol. The molecule has 0 bridgehead atoms. The summed E-state index contributed by atoms with van der Waals surface area (Å²) in [6.45, 7) is 11.3. The van der Waals surface area contributed by atoms with E-state index in [1.165, 1.54) is 36.6 Å². The zero-order valence-electron chi connectivity index (χ0n) is 17.1. The summed E-state index contributed by atoms with van der Waals surface area (Å²) in [6, 6.07) is 0. The van der Waals surface area contributed by atoms with Crippen molar-refractivity contribution in [2.75, 3.05) is 40.3 Å². The van der Waals surface area contributed by atoms with Gasteiger partial charge in [-0.2, -0.15) is 0 Å². The number of guanidine groups is 1. The molecule has 1 N–H and O–H groups in total. The first-order chi connectivity index (χ1) is 12.7. The number of thiazole rings is 1. The lowest BCUT2D eigenvalue weighted by atomic mass is 9.97. The second-order valence-electron chi connectivity index (χ2n) is 7.09. The van der Waals surface area contributed by atoms with E-state index in [2.05, 4.69) is 46.0 Å². The highest BCUT2D eigenvalue weighted by atomic mass is 127. The normalized spacial score (nSPS) is 16.0. The Morgan fingerprint density at radius 1 is 1.48 bits per heavy atom. The SMILES string of the molecule is C=CCCCN(C)C(=NC)NCC1CCN(Cc2csc(CC)n2)CC1.I. The molecule has 1 aliphatic rings. The molecular formula is C20H36IN5S. The summed E-state index contributed by atoms with van der Waals surface area (Å²) in [5, 5.41) is 7.04. The third-order valence-electron chi connectivity index (χ3n) is 5.02. The number of aryl methyl sites for hydroxylation is 1. The molecule has 0 amide bonds. The number of hydrogen-bond donors (Lipinski definition) is 1. The van der Waals surface area contributed by atoms with Gasteiger partial charge in [0.15, 0.2) is 5.96 Å². The lowest BCUT2D eigenvalue weighted by molar-refractivity contribution is 0.176. The number of nitrogens with zero attached hydrogens (tertiary/aromatic N) is 4. The molecule has 0 radical (unpaired) electrons. The quantitative estimate of drug-likeness (QED) is 0.181. The van der Waals surface area contributed by atoms with Crippen LogP contribution in [0, 0.1) is 5.92 Å². The highest BCUT2D eigenvalue weighted by Crippen LogP contribution is 2.19. The van der Waals surface area contributed by atoms with Gasteiger partial charge in [-0.15, -0.1) is 41.9 Å². The van der Waals surface area contributed by atoms with Crippen LogP contribution in [0.2, 0.25) is 0 Å². The molecule has 1 aromatic rings. The van der Waals surface area contributed by atoms with Crippen molar-refractivity contribution < 1.29 is 0 Å². The minimum Gasteiger partial charge on any atom is -0.356 e. The summed E-state index contributed by atoms with van der Waals surface area (Å²) < 4.78 is 0. The third-order valence-corrected chi connectivity index (χ3v) is 6.06. The Morgan fingerprint density at radius 3 is 2.81 bits per heavy atom. The Hall–Kier alpha value is -0.670. The van der Waals surface area contributed by atoms with Crippen LogP contribution in [0.25, 0.3) is 0 Å². The minimum absolute atomic E-state index is 0. The smallest absolute Gasteiger partial charge is 0.193 e. The van der Waals surface area contributed by atoms with E-state index in [0.29, 0.717) is 0 Å². The number of nitrogens with one attached hydrogen (secondary N) is 1. The Balaban J connectivity index is 0.00000364. The topological polar surface area (TPSA) is 43.8 Å². The van der Waals surface area contributed by atoms with Crippen molar-refractivity contribution in [2.24, 2.45) is 10.9 Å². The van der Waals surface area contributed by atoms with Crippen molar-refractivity contribution in [3.63, 3.8) is 0 Å². The summed E-state index contributed by atoms with van der Waals surface area (Å²) in [5.74, 6) is 1.73. The van der Waals surface area contributed by atoms with E-state index in [1.54, 1.807) is 11.3 Å². The Bertz CT molecular complexity index is 566. The van der Waals surface area contributed by atoms with Crippen molar-refractivity contribution in [1.29, 1.82) is 0 Å². The number of aliphatic imine (C=N–C) groups is 1. The van der Waals surface area contributed by atoms with Crippen molar-refractivity contribution in [3.8, 4) is 0 Å². The maximum atomic E-state index is 4.70. The molecule has 2 heterocycles. The van der Waals surface area contributed by atoms with Gasteiger partial charge in [-0.3, -0.25) is 9.89 Å². The fourth-order valence-corrected chi connectivity index (χ4v) is 4.10. The molecule has 0 aromatic carbocycles. The van der Waals surface area contributed by atoms with E-state index < -0.39 is 0 Å². The summed E-state index contributed by atoms with van der Waals surface area (Å²) in [4.78, 5) is 13.9. The van der Waals surface area contributed by atoms with E-state index in [-0.39, 0.29) is 24.0 Å². The third kappa shape index (κ3) is 8.48. The molecule has 0 unspecified atom stereocenters. The molecule has 1 saturated heterocycles. The number of aromatic nitrogens is 1. The lowest BCUT2D eigenvalue weighted by Crippen LogP contribution is -2.43. The zero-order valence-corrected chi connectivity index (χ0v) is 20.3. The molecule has 0 spiro atoms. The van der Waals surface area contributed by atoms with Crippen LogP contribution < -0.4 is 5.32 Å². The molecule has 0 atom stereocenters. The Kier molecular flexibility index (Phi) is 12.2. The van der Waals surface area contributed by atoms with Crippen LogP contribution in [0.3, 0.4) is 0 Å². The number of unbranched alkanes of at least 4 members (excludes halogenated alkanes) is 1.